The number of sulfonamides is 1. The van der Waals surface area contributed by atoms with Gasteiger partial charge in [-0.3, -0.25) is 4.79 Å². The molecule has 1 amide bonds. The molecule has 5 nitrogen and oxygen atoms in total. The highest BCUT2D eigenvalue weighted by Gasteiger charge is 2.20. The summed E-state index contributed by atoms with van der Waals surface area (Å²) in [5.74, 6) is -1.19. The fourth-order valence-corrected chi connectivity index (χ4v) is 3.25. The van der Waals surface area contributed by atoms with Crippen LogP contribution in [0.4, 0.5) is 4.39 Å². The number of carbonyl (C=O) groups excluding carboxylic acids is 1. The van der Waals surface area contributed by atoms with Crippen molar-refractivity contribution in [1.29, 1.82) is 0 Å². The van der Waals surface area contributed by atoms with Crippen LogP contribution in [0.5, 0.6) is 0 Å². The van der Waals surface area contributed by atoms with E-state index in [1.807, 2.05) is 6.92 Å². The summed E-state index contributed by atoms with van der Waals surface area (Å²) in [5.41, 5.74) is 0.898. The Morgan fingerprint density at radius 1 is 1.12 bits per heavy atom. The third-order valence-electron chi connectivity index (χ3n) is 3.56. The lowest BCUT2D eigenvalue weighted by molar-refractivity contribution is 0.0948. The monoisotopic (exact) mass is 350 g/mol. The van der Waals surface area contributed by atoms with E-state index in [9.17, 15) is 17.6 Å². The molecule has 2 aromatic rings. The van der Waals surface area contributed by atoms with Crippen molar-refractivity contribution in [1.82, 2.24) is 9.62 Å². The molecule has 0 saturated heterocycles. The summed E-state index contributed by atoms with van der Waals surface area (Å²) in [6.45, 7) is 2.03. The van der Waals surface area contributed by atoms with Gasteiger partial charge in [-0.05, 0) is 31.2 Å². The molecule has 0 aliphatic heterocycles. The molecule has 128 valence electrons. The quantitative estimate of drug-likeness (QED) is 0.868. The summed E-state index contributed by atoms with van der Waals surface area (Å²) in [5, 5.41) is 2.52. The first-order chi connectivity index (χ1) is 11.3. The van der Waals surface area contributed by atoms with E-state index in [0.29, 0.717) is 0 Å². The van der Waals surface area contributed by atoms with Crippen LogP contribution in [0.25, 0.3) is 0 Å². The van der Waals surface area contributed by atoms with Crippen LogP contribution in [-0.4, -0.2) is 38.8 Å². The number of nitrogens with one attached hydrogen (secondary N) is 1. The van der Waals surface area contributed by atoms with E-state index < -0.39 is 21.7 Å². The van der Waals surface area contributed by atoms with Crippen molar-refractivity contribution in [2.45, 2.75) is 11.8 Å². The van der Waals surface area contributed by atoms with Gasteiger partial charge in [-0.15, -0.1) is 0 Å². The van der Waals surface area contributed by atoms with Crippen LogP contribution in [0.15, 0.2) is 53.4 Å². The molecule has 0 radical (unpaired) electrons. The van der Waals surface area contributed by atoms with Crippen molar-refractivity contribution >= 4 is 15.9 Å². The Labute approximate surface area is 141 Å². The molecule has 0 aliphatic rings. The molecule has 0 fully saturated rings. The van der Waals surface area contributed by atoms with Crippen molar-refractivity contribution in [3.8, 4) is 0 Å². The van der Waals surface area contributed by atoms with Crippen LogP contribution in [0.3, 0.4) is 0 Å². The van der Waals surface area contributed by atoms with Crippen molar-refractivity contribution in [3.05, 3.63) is 65.5 Å². The van der Waals surface area contributed by atoms with E-state index in [1.165, 1.54) is 25.2 Å². The molecule has 0 heterocycles. The van der Waals surface area contributed by atoms with Gasteiger partial charge in [0, 0.05) is 20.1 Å². The van der Waals surface area contributed by atoms with Crippen LogP contribution in [0.1, 0.15) is 15.9 Å². The molecule has 0 bridgehead atoms. The average molecular weight is 350 g/mol. The van der Waals surface area contributed by atoms with Gasteiger partial charge in [0.2, 0.25) is 10.0 Å². The first-order valence-corrected chi connectivity index (χ1v) is 8.82. The van der Waals surface area contributed by atoms with Crippen molar-refractivity contribution < 1.29 is 17.6 Å². The fourth-order valence-electron chi connectivity index (χ4n) is 2.08. The maximum atomic E-state index is 13.5. The smallest absolute Gasteiger partial charge is 0.254 e. The maximum absolute atomic E-state index is 13.5. The van der Waals surface area contributed by atoms with Gasteiger partial charge in [0.05, 0.1) is 10.5 Å². The van der Waals surface area contributed by atoms with E-state index in [4.69, 9.17) is 0 Å². The van der Waals surface area contributed by atoms with Crippen LogP contribution < -0.4 is 5.32 Å². The van der Waals surface area contributed by atoms with Gasteiger partial charge in [0.15, 0.2) is 0 Å². The lowest BCUT2D eigenvalue weighted by Gasteiger charge is -2.17. The van der Waals surface area contributed by atoms with Crippen molar-refractivity contribution in [2.24, 2.45) is 0 Å². The largest absolute Gasteiger partial charge is 0.351 e. The van der Waals surface area contributed by atoms with Crippen LogP contribution in [0, 0.1) is 12.7 Å². The number of aryl methyl sites for hydroxylation is 1. The highest BCUT2D eigenvalue weighted by molar-refractivity contribution is 7.89. The first kappa shape index (κ1) is 18.1. The normalized spacial score (nSPS) is 11.5. The second-order valence-corrected chi connectivity index (χ2v) is 7.42. The molecular weight excluding hydrogens is 331 g/mol. The number of halogens is 1. The Balaban J connectivity index is 1.95. The summed E-state index contributed by atoms with van der Waals surface area (Å²) in [6, 6.07) is 12.2. The van der Waals surface area contributed by atoms with Crippen molar-refractivity contribution in [2.75, 3.05) is 20.1 Å². The summed E-state index contributed by atoms with van der Waals surface area (Å²) in [4.78, 5) is 12.1. The minimum atomic E-state index is -3.62. The third-order valence-corrected chi connectivity index (χ3v) is 5.43. The van der Waals surface area contributed by atoms with E-state index in [2.05, 4.69) is 5.32 Å². The second kappa shape index (κ2) is 7.55. The van der Waals surface area contributed by atoms with Gasteiger partial charge in [0.25, 0.3) is 5.91 Å². The van der Waals surface area contributed by atoms with Gasteiger partial charge in [-0.1, -0.05) is 29.8 Å². The van der Waals surface area contributed by atoms with Crippen LogP contribution in [0.2, 0.25) is 0 Å². The maximum Gasteiger partial charge on any atom is 0.254 e. The topological polar surface area (TPSA) is 66.5 Å². The summed E-state index contributed by atoms with van der Waals surface area (Å²) >= 11 is 0. The standard InChI is InChI=1S/C17H19FN2O3S/c1-13-7-9-14(10-8-13)24(22,23)20(2)12-11-19-17(21)15-5-3-4-6-16(15)18/h3-10H,11-12H2,1-2H3,(H,19,21). The average Bonchev–Trinajstić information content (AvgIpc) is 2.55. The minimum Gasteiger partial charge on any atom is -0.351 e. The molecule has 0 spiro atoms. The molecule has 2 aromatic carbocycles. The van der Waals surface area contributed by atoms with Crippen molar-refractivity contribution in [3.63, 3.8) is 0 Å². The Kier molecular flexibility index (Phi) is 5.69. The van der Waals surface area contributed by atoms with E-state index in [-0.39, 0.29) is 23.5 Å². The predicted octanol–water partition coefficient (Wildman–Crippen LogP) is 2.18. The first-order valence-electron chi connectivity index (χ1n) is 7.38. The van der Waals surface area contributed by atoms with Gasteiger partial charge in [0.1, 0.15) is 5.82 Å². The third kappa shape index (κ3) is 4.18. The van der Waals surface area contributed by atoms with Gasteiger partial charge in [-0.2, -0.15) is 4.31 Å². The number of benzene rings is 2. The number of carbonyl (C=O) groups is 1. The van der Waals surface area contributed by atoms with Gasteiger partial charge >= 0.3 is 0 Å². The highest BCUT2D eigenvalue weighted by Crippen LogP contribution is 2.14. The summed E-state index contributed by atoms with van der Waals surface area (Å²) in [7, 11) is -2.18. The Morgan fingerprint density at radius 3 is 2.38 bits per heavy atom. The van der Waals surface area contributed by atoms with Gasteiger partial charge < -0.3 is 5.32 Å². The molecule has 7 heteroatoms. The Morgan fingerprint density at radius 2 is 1.75 bits per heavy atom. The molecule has 0 aliphatic carbocycles. The summed E-state index contributed by atoms with van der Waals surface area (Å²) in [6.07, 6.45) is 0. The van der Waals surface area contributed by atoms with E-state index in [0.717, 1.165) is 9.87 Å². The zero-order valence-electron chi connectivity index (χ0n) is 13.5. The lowest BCUT2D eigenvalue weighted by atomic mass is 10.2. The van der Waals surface area contributed by atoms with Gasteiger partial charge in [-0.25, -0.2) is 12.8 Å². The fraction of sp³-hybridized carbons (Fsp3) is 0.235. The van der Waals surface area contributed by atoms with Crippen LogP contribution >= 0.6 is 0 Å². The van der Waals surface area contributed by atoms with E-state index in [1.54, 1.807) is 30.3 Å². The molecular formula is C17H19FN2O3S. The number of likely N-dealkylation sites (N-methyl/N-ethyl adjacent to an activating group) is 1. The Hall–Kier alpha value is -2.25. The summed E-state index contributed by atoms with van der Waals surface area (Å²) < 4.78 is 39.4. The number of nitrogens with zero attached hydrogens (tertiary/aromatic N) is 1. The highest BCUT2D eigenvalue weighted by atomic mass is 32.2. The molecule has 1 N–H and O–H groups in total. The molecule has 24 heavy (non-hydrogen) atoms. The molecule has 0 unspecified atom stereocenters. The second-order valence-electron chi connectivity index (χ2n) is 5.38. The molecule has 0 saturated carbocycles. The lowest BCUT2D eigenvalue weighted by Crippen LogP contribution is -2.36. The number of amides is 1. The van der Waals surface area contributed by atoms with Crippen LogP contribution in [-0.2, 0) is 10.0 Å². The predicted molar refractivity (Wildman–Crippen MR) is 89.7 cm³/mol. The molecule has 2 rings (SSSR count). The number of hydrogen-bond acceptors (Lipinski definition) is 3. The SMILES string of the molecule is Cc1ccc(S(=O)(=O)N(C)CCNC(=O)c2ccccc2F)cc1. The number of rotatable bonds is 6. The Bertz CT molecular complexity index is 820. The zero-order valence-corrected chi connectivity index (χ0v) is 14.3. The zero-order chi connectivity index (χ0) is 17.7. The minimum absolute atomic E-state index is 0.0680. The van der Waals surface area contributed by atoms with E-state index >= 15 is 0 Å². The molecule has 0 atom stereocenters. The number of hydrogen-bond donors (Lipinski definition) is 1. The molecule has 0 aromatic heterocycles.